The Morgan fingerprint density at radius 3 is 2.53 bits per heavy atom. The van der Waals surface area contributed by atoms with Gasteiger partial charge in [0.2, 0.25) is 5.91 Å². The van der Waals surface area contributed by atoms with Crippen molar-refractivity contribution in [3.05, 3.63) is 35.9 Å². The minimum atomic E-state index is 0. The van der Waals surface area contributed by atoms with E-state index in [9.17, 15) is 4.79 Å². The number of nitrogens with one attached hydrogen (secondary N) is 2. The van der Waals surface area contributed by atoms with Gasteiger partial charge in [-0.25, -0.2) is 0 Å². The Labute approximate surface area is 107 Å². The van der Waals surface area contributed by atoms with Crippen LogP contribution >= 0.6 is 12.4 Å². The van der Waals surface area contributed by atoms with Crippen molar-refractivity contribution < 1.29 is 4.79 Å². The molecule has 1 aliphatic heterocycles. The van der Waals surface area contributed by atoms with Gasteiger partial charge in [-0.1, -0.05) is 30.3 Å². The molecular formula is C13H17ClN2O. The number of halogens is 1. The van der Waals surface area contributed by atoms with Gasteiger partial charge in [0.25, 0.3) is 0 Å². The summed E-state index contributed by atoms with van der Waals surface area (Å²) in [5, 5.41) is 6.24. The van der Waals surface area contributed by atoms with Crippen molar-refractivity contribution in [3.8, 4) is 0 Å². The molecular weight excluding hydrogens is 236 g/mol. The summed E-state index contributed by atoms with van der Waals surface area (Å²) in [6.07, 6.45) is 1.09. The lowest BCUT2D eigenvalue weighted by atomic mass is 10.0. The minimum Gasteiger partial charge on any atom is -0.352 e. The van der Waals surface area contributed by atoms with Crippen molar-refractivity contribution in [2.45, 2.75) is 18.4 Å². The van der Waals surface area contributed by atoms with Crippen LogP contribution in [0.5, 0.6) is 0 Å². The molecule has 2 atom stereocenters. The minimum absolute atomic E-state index is 0. The Bertz CT molecular complexity index is 392. The Morgan fingerprint density at radius 2 is 1.94 bits per heavy atom. The molecule has 4 heteroatoms. The molecule has 1 heterocycles. The maximum Gasteiger partial charge on any atom is 0.225 e. The van der Waals surface area contributed by atoms with Crippen molar-refractivity contribution in [2.75, 3.05) is 13.1 Å². The fourth-order valence-electron chi connectivity index (χ4n) is 2.20. The third-order valence-electron chi connectivity index (χ3n) is 3.50. The molecule has 1 aromatic rings. The first-order valence-corrected chi connectivity index (χ1v) is 5.90. The number of hydrogen-bond acceptors (Lipinski definition) is 2. The average Bonchev–Trinajstić information content (AvgIpc) is 2.96. The van der Waals surface area contributed by atoms with Gasteiger partial charge in [-0.05, 0) is 12.0 Å². The smallest absolute Gasteiger partial charge is 0.225 e. The summed E-state index contributed by atoms with van der Waals surface area (Å²) in [6.45, 7) is 1.68. The summed E-state index contributed by atoms with van der Waals surface area (Å²) in [6, 6.07) is 10.8. The van der Waals surface area contributed by atoms with E-state index in [0.717, 1.165) is 19.5 Å². The fraction of sp³-hybridized carbons (Fsp3) is 0.462. The Hall–Kier alpha value is -1.06. The maximum atomic E-state index is 11.7. The van der Waals surface area contributed by atoms with Gasteiger partial charge in [0, 0.05) is 25.0 Å². The lowest BCUT2D eigenvalue weighted by Gasteiger charge is -2.25. The molecule has 1 saturated heterocycles. The molecule has 2 aliphatic rings. The van der Waals surface area contributed by atoms with Crippen LogP contribution in [0, 0.1) is 5.92 Å². The molecule has 17 heavy (non-hydrogen) atoms. The summed E-state index contributed by atoms with van der Waals surface area (Å²) < 4.78 is 0. The van der Waals surface area contributed by atoms with E-state index in [-0.39, 0.29) is 24.2 Å². The van der Waals surface area contributed by atoms with Crippen LogP contribution in [-0.4, -0.2) is 25.0 Å². The zero-order valence-electron chi connectivity index (χ0n) is 9.56. The normalized spacial score (nSPS) is 26.6. The molecule has 2 fully saturated rings. The molecule has 2 N–H and O–H groups in total. The number of rotatable bonds is 3. The highest BCUT2D eigenvalue weighted by Gasteiger charge is 2.40. The van der Waals surface area contributed by atoms with Gasteiger partial charge >= 0.3 is 0 Å². The average molecular weight is 253 g/mol. The van der Waals surface area contributed by atoms with Gasteiger partial charge in [0.05, 0.1) is 5.92 Å². The van der Waals surface area contributed by atoms with Gasteiger partial charge in [-0.3, -0.25) is 4.79 Å². The van der Waals surface area contributed by atoms with Crippen molar-refractivity contribution in [3.63, 3.8) is 0 Å². The van der Waals surface area contributed by atoms with Crippen molar-refractivity contribution in [2.24, 2.45) is 5.92 Å². The van der Waals surface area contributed by atoms with E-state index in [0.29, 0.717) is 12.0 Å². The lowest BCUT2D eigenvalue weighted by Crippen LogP contribution is -2.51. The van der Waals surface area contributed by atoms with Crippen LogP contribution in [0.3, 0.4) is 0 Å². The number of amides is 1. The molecule has 3 nitrogen and oxygen atoms in total. The largest absolute Gasteiger partial charge is 0.352 e. The molecule has 1 saturated carbocycles. The first kappa shape index (κ1) is 12.4. The SMILES string of the molecule is Cl.O=C(NC1CC1c1ccccc1)C1CNC1. The second-order valence-corrected chi connectivity index (χ2v) is 4.72. The zero-order valence-corrected chi connectivity index (χ0v) is 10.4. The van der Waals surface area contributed by atoms with Crippen LogP contribution in [-0.2, 0) is 4.79 Å². The van der Waals surface area contributed by atoms with Crippen molar-refractivity contribution >= 4 is 18.3 Å². The second kappa shape index (κ2) is 5.07. The molecule has 2 unspecified atom stereocenters. The van der Waals surface area contributed by atoms with Crippen LogP contribution in [0.4, 0.5) is 0 Å². The number of carbonyl (C=O) groups excluding carboxylic acids is 1. The van der Waals surface area contributed by atoms with E-state index in [4.69, 9.17) is 0 Å². The van der Waals surface area contributed by atoms with E-state index >= 15 is 0 Å². The highest BCUT2D eigenvalue weighted by Crippen LogP contribution is 2.40. The predicted molar refractivity (Wildman–Crippen MR) is 69.3 cm³/mol. The maximum absolute atomic E-state index is 11.7. The number of hydrogen-bond donors (Lipinski definition) is 2. The molecule has 92 valence electrons. The monoisotopic (exact) mass is 252 g/mol. The first-order valence-electron chi connectivity index (χ1n) is 5.90. The van der Waals surface area contributed by atoms with E-state index in [2.05, 4.69) is 34.9 Å². The molecule has 1 amide bonds. The molecule has 0 spiro atoms. The van der Waals surface area contributed by atoms with E-state index in [1.807, 2.05) is 6.07 Å². The van der Waals surface area contributed by atoms with Gasteiger partial charge < -0.3 is 10.6 Å². The summed E-state index contributed by atoms with van der Waals surface area (Å²) in [4.78, 5) is 11.7. The molecule has 0 radical (unpaired) electrons. The van der Waals surface area contributed by atoms with Crippen molar-refractivity contribution in [1.29, 1.82) is 0 Å². The van der Waals surface area contributed by atoms with E-state index in [1.165, 1.54) is 5.56 Å². The Kier molecular flexibility index (Phi) is 3.69. The van der Waals surface area contributed by atoms with Gasteiger partial charge in [-0.15, -0.1) is 12.4 Å². The Morgan fingerprint density at radius 1 is 1.24 bits per heavy atom. The van der Waals surface area contributed by atoms with Crippen LogP contribution in [0.1, 0.15) is 17.9 Å². The third-order valence-corrected chi connectivity index (χ3v) is 3.50. The fourth-order valence-corrected chi connectivity index (χ4v) is 2.20. The molecule has 3 rings (SSSR count). The molecule has 1 aliphatic carbocycles. The topological polar surface area (TPSA) is 41.1 Å². The van der Waals surface area contributed by atoms with Crippen LogP contribution in [0.25, 0.3) is 0 Å². The number of carbonyl (C=O) groups is 1. The van der Waals surface area contributed by atoms with Crippen LogP contribution in [0.15, 0.2) is 30.3 Å². The van der Waals surface area contributed by atoms with Crippen molar-refractivity contribution in [1.82, 2.24) is 10.6 Å². The Balaban J connectivity index is 0.00000108. The highest BCUT2D eigenvalue weighted by atomic mass is 35.5. The van der Waals surface area contributed by atoms with Crippen LogP contribution < -0.4 is 10.6 Å². The van der Waals surface area contributed by atoms with E-state index < -0.39 is 0 Å². The quantitative estimate of drug-likeness (QED) is 0.852. The summed E-state index contributed by atoms with van der Waals surface area (Å²) in [5.74, 6) is 0.970. The summed E-state index contributed by atoms with van der Waals surface area (Å²) in [5.41, 5.74) is 1.35. The molecule has 0 bridgehead atoms. The highest BCUT2D eigenvalue weighted by molar-refractivity contribution is 5.85. The first-order chi connectivity index (χ1) is 7.84. The molecule has 1 aromatic carbocycles. The third kappa shape index (κ3) is 2.61. The second-order valence-electron chi connectivity index (χ2n) is 4.72. The molecule has 0 aromatic heterocycles. The van der Waals surface area contributed by atoms with E-state index in [1.54, 1.807) is 0 Å². The van der Waals surface area contributed by atoms with Gasteiger partial charge in [-0.2, -0.15) is 0 Å². The van der Waals surface area contributed by atoms with Gasteiger partial charge in [0.1, 0.15) is 0 Å². The van der Waals surface area contributed by atoms with Crippen LogP contribution in [0.2, 0.25) is 0 Å². The number of benzene rings is 1. The zero-order chi connectivity index (χ0) is 11.0. The predicted octanol–water partition coefficient (Wildman–Crippen LogP) is 1.30. The summed E-state index contributed by atoms with van der Waals surface area (Å²) in [7, 11) is 0. The van der Waals surface area contributed by atoms with Gasteiger partial charge in [0.15, 0.2) is 0 Å². The lowest BCUT2D eigenvalue weighted by molar-refractivity contribution is -0.126. The standard InChI is InChI=1S/C13H16N2O.ClH/c16-13(10-7-14-8-10)15-12-6-11(12)9-4-2-1-3-5-9;/h1-5,10-12,14H,6-8H2,(H,15,16);1H. The summed E-state index contributed by atoms with van der Waals surface area (Å²) >= 11 is 0.